The van der Waals surface area contributed by atoms with Crippen molar-refractivity contribution in [2.45, 2.75) is 46.5 Å². The lowest BCUT2D eigenvalue weighted by Crippen LogP contribution is -2.29. The minimum atomic E-state index is -0.798. The molecule has 0 saturated heterocycles. The molecule has 0 spiro atoms. The van der Waals surface area contributed by atoms with Crippen LogP contribution in [-0.4, -0.2) is 22.0 Å². The predicted molar refractivity (Wildman–Crippen MR) is 75.4 cm³/mol. The smallest absolute Gasteiger partial charge is 0.303 e. The van der Waals surface area contributed by atoms with E-state index in [0.717, 1.165) is 12.1 Å². The number of carbonyl (C=O) groups excluding carboxylic acids is 1. The molecule has 106 valence electrons. The van der Waals surface area contributed by atoms with E-state index in [1.807, 2.05) is 26.2 Å². The van der Waals surface area contributed by atoms with E-state index >= 15 is 0 Å². The standard InChI is InChI=1S/C13H20N2O3S/c1-4-13(2,3)11(18)15-12-14-9(8-19-12)6-5-7-10(16)17/h8H,4-7H2,1-3H3,(H,16,17)(H,14,15,18). The van der Waals surface area contributed by atoms with Gasteiger partial charge in [-0.25, -0.2) is 4.98 Å². The van der Waals surface area contributed by atoms with Gasteiger partial charge in [0.1, 0.15) is 0 Å². The van der Waals surface area contributed by atoms with Crippen molar-refractivity contribution in [1.29, 1.82) is 0 Å². The number of carbonyl (C=O) groups is 2. The van der Waals surface area contributed by atoms with Crippen LogP contribution in [0.25, 0.3) is 0 Å². The predicted octanol–water partition coefficient (Wildman–Crippen LogP) is 2.93. The number of thiazole rings is 1. The van der Waals surface area contributed by atoms with E-state index in [9.17, 15) is 9.59 Å². The van der Waals surface area contributed by atoms with E-state index in [0.29, 0.717) is 18.0 Å². The van der Waals surface area contributed by atoms with Crippen molar-refractivity contribution in [1.82, 2.24) is 4.98 Å². The first kappa shape index (κ1) is 15.6. The number of nitrogens with one attached hydrogen (secondary N) is 1. The Labute approximate surface area is 117 Å². The molecule has 19 heavy (non-hydrogen) atoms. The third-order valence-electron chi connectivity index (χ3n) is 3.09. The number of nitrogens with zero attached hydrogens (tertiary/aromatic N) is 1. The van der Waals surface area contributed by atoms with Crippen molar-refractivity contribution in [2.24, 2.45) is 5.41 Å². The number of amides is 1. The number of carboxylic acid groups (broad SMARTS) is 1. The average Bonchev–Trinajstić information content (AvgIpc) is 2.76. The number of aromatic nitrogens is 1. The molecule has 1 heterocycles. The summed E-state index contributed by atoms with van der Waals surface area (Å²) in [7, 11) is 0. The van der Waals surface area contributed by atoms with Gasteiger partial charge in [-0.1, -0.05) is 20.8 Å². The zero-order valence-corrected chi connectivity index (χ0v) is 12.3. The van der Waals surface area contributed by atoms with E-state index in [1.165, 1.54) is 11.3 Å². The van der Waals surface area contributed by atoms with Crippen LogP contribution in [0.4, 0.5) is 5.13 Å². The summed E-state index contributed by atoms with van der Waals surface area (Å²) in [4.78, 5) is 26.7. The van der Waals surface area contributed by atoms with Gasteiger partial charge in [-0.3, -0.25) is 9.59 Å². The third-order valence-corrected chi connectivity index (χ3v) is 3.90. The van der Waals surface area contributed by atoms with Crippen LogP contribution in [0.3, 0.4) is 0 Å². The Balaban J connectivity index is 2.51. The van der Waals surface area contributed by atoms with Crippen LogP contribution in [0, 0.1) is 5.41 Å². The summed E-state index contributed by atoms with van der Waals surface area (Å²) in [5.74, 6) is -0.838. The largest absolute Gasteiger partial charge is 0.481 e. The van der Waals surface area contributed by atoms with Gasteiger partial charge in [0.05, 0.1) is 5.69 Å². The van der Waals surface area contributed by atoms with Gasteiger partial charge in [0, 0.05) is 17.2 Å². The summed E-state index contributed by atoms with van der Waals surface area (Å²) < 4.78 is 0. The lowest BCUT2D eigenvalue weighted by molar-refractivity contribution is -0.137. The van der Waals surface area contributed by atoms with Gasteiger partial charge >= 0.3 is 5.97 Å². The molecule has 0 saturated carbocycles. The molecule has 0 aliphatic heterocycles. The summed E-state index contributed by atoms with van der Waals surface area (Å²) in [6, 6.07) is 0. The lowest BCUT2D eigenvalue weighted by Gasteiger charge is -2.20. The Bertz CT molecular complexity index is 454. The number of aryl methyl sites for hydroxylation is 1. The first-order valence-corrected chi connectivity index (χ1v) is 7.20. The van der Waals surface area contributed by atoms with Crippen molar-refractivity contribution in [2.75, 3.05) is 5.32 Å². The summed E-state index contributed by atoms with van der Waals surface area (Å²) in [6.45, 7) is 5.76. The molecule has 5 nitrogen and oxygen atoms in total. The number of anilines is 1. The maximum atomic E-state index is 12.0. The lowest BCUT2D eigenvalue weighted by atomic mass is 9.89. The molecule has 0 aromatic carbocycles. The Morgan fingerprint density at radius 2 is 2.16 bits per heavy atom. The molecule has 0 aliphatic carbocycles. The van der Waals surface area contributed by atoms with Crippen molar-refractivity contribution < 1.29 is 14.7 Å². The molecule has 1 amide bonds. The second-order valence-electron chi connectivity index (χ2n) is 5.08. The van der Waals surface area contributed by atoms with Crippen molar-refractivity contribution in [3.8, 4) is 0 Å². The number of aliphatic carboxylic acids is 1. The van der Waals surface area contributed by atoms with Crippen LogP contribution in [0.15, 0.2) is 5.38 Å². The molecule has 0 fully saturated rings. The highest BCUT2D eigenvalue weighted by atomic mass is 32.1. The fourth-order valence-corrected chi connectivity index (χ4v) is 2.07. The summed E-state index contributed by atoms with van der Waals surface area (Å²) >= 11 is 1.37. The number of hydrogen-bond acceptors (Lipinski definition) is 4. The summed E-state index contributed by atoms with van der Waals surface area (Å²) in [5, 5.41) is 13.8. The fourth-order valence-electron chi connectivity index (χ4n) is 1.33. The molecule has 1 rings (SSSR count). The van der Waals surface area contributed by atoms with Gasteiger partial charge in [-0.2, -0.15) is 0 Å². The van der Waals surface area contributed by atoms with E-state index < -0.39 is 11.4 Å². The second kappa shape index (κ2) is 6.65. The van der Waals surface area contributed by atoms with Gasteiger partial charge in [0.2, 0.25) is 5.91 Å². The van der Waals surface area contributed by atoms with E-state index in [-0.39, 0.29) is 12.3 Å². The fraction of sp³-hybridized carbons (Fsp3) is 0.615. The maximum absolute atomic E-state index is 12.0. The highest BCUT2D eigenvalue weighted by molar-refractivity contribution is 7.13. The average molecular weight is 284 g/mol. The monoisotopic (exact) mass is 284 g/mol. The summed E-state index contributed by atoms with van der Waals surface area (Å²) in [5.41, 5.74) is 0.422. The van der Waals surface area contributed by atoms with E-state index in [1.54, 1.807) is 0 Å². The molecule has 1 aromatic rings. The van der Waals surface area contributed by atoms with Gasteiger partial charge in [-0.05, 0) is 19.3 Å². The summed E-state index contributed by atoms with van der Waals surface area (Å²) in [6.07, 6.45) is 2.08. The molecule has 1 aromatic heterocycles. The topological polar surface area (TPSA) is 79.3 Å². The van der Waals surface area contributed by atoms with Crippen LogP contribution >= 0.6 is 11.3 Å². The van der Waals surface area contributed by atoms with Crippen molar-refractivity contribution in [3.05, 3.63) is 11.1 Å². The highest BCUT2D eigenvalue weighted by Crippen LogP contribution is 2.24. The Kier molecular flexibility index (Phi) is 5.47. The number of carboxylic acids is 1. The van der Waals surface area contributed by atoms with Crippen molar-refractivity contribution >= 4 is 28.3 Å². The highest BCUT2D eigenvalue weighted by Gasteiger charge is 2.25. The van der Waals surface area contributed by atoms with Crippen molar-refractivity contribution in [3.63, 3.8) is 0 Å². The SMILES string of the molecule is CCC(C)(C)C(=O)Nc1nc(CCCC(=O)O)cs1. The van der Waals surface area contributed by atoms with Crippen LogP contribution in [0.1, 0.15) is 45.7 Å². The first-order chi connectivity index (χ1) is 8.85. The molecular weight excluding hydrogens is 264 g/mol. The molecule has 0 radical (unpaired) electrons. The second-order valence-corrected chi connectivity index (χ2v) is 5.94. The minimum absolute atomic E-state index is 0.0403. The molecule has 0 aliphatic rings. The molecule has 0 bridgehead atoms. The Morgan fingerprint density at radius 3 is 2.74 bits per heavy atom. The number of hydrogen-bond donors (Lipinski definition) is 2. The minimum Gasteiger partial charge on any atom is -0.481 e. The molecular formula is C13H20N2O3S. The molecule has 2 N–H and O–H groups in total. The quantitative estimate of drug-likeness (QED) is 0.806. The Morgan fingerprint density at radius 1 is 1.47 bits per heavy atom. The maximum Gasteiger partial charge on any atom is 0.303 e. The van der Waals surface area contributed by atoms with Gasteiger partial charge in [0.25, 0.3) is 0 Å². The van der Waals surface area contributed by atoms with Crippen LogP contribution in [-0.2, 0) is 16.0 Å². The van der Waals surface area contributed by atoms with Crippen LogP contribution in [0.5, 0.6) is 0 Å². The van der Waals surface area contributed by atoms with Crippen LogP contribution in [0.2, 0.25) is 0 Å². The number of rotatable bonds is 7. The van der Waals surface area contributed by atoms with Crippen LogP contribution < -0.4 is 5.32 Å². The Hall–Kier alpha value is -1.43. The van der Waals surface area contributed by atoms with E-state index in [4.69, 9.17) is 5.11 Å². The van der Waals surface area contributed by atoms with Gasteiger partial charge in [0.15, 0.2) is 5.13 Å². The molecule has 0 unspecified atom stereocenters. The first-order valence-electron chi connectivity index (χ1n) is 6.33. The third kappa shape index (κ3) is 4.98. The van der Waals surface area contributed by atoms with Gasteiger partial charge in [-0.15, -0.1) is 11.3 Å². The van der Waals surface area contributed by atoms with E-state index in [2.05, 4.69) is 10.3 Å². The zero-order valence-electron chi connectivity index (χ0n) is 11.5. The normalized spacial score (nSPS) is 11.3. The zero-order chi connectivity index (χ0) is 14.5. The molecule has 6 heteroatoms. The van der Waals surface area contributed by atoms with Gasteiger partial charge < -0.3 is 10.4 Å². The molecule has 0 atom stereocenters.